The van der Waals surface area contributed by atoms with Crippen molar-refractivity contribution in [2.75, 3.05) is 18.8 Å². The van der Waals surface area contributed by atoms with E-state index in [2.05, 4.69) is 9.97 Å². The molecule has 5 nitrogen and oxygen atoms in total. The molecule has 1 atom stereocenters. The third-order valence-corrected chi connectivity index (χ3v) is 4.72. The summed E-state index contributed by atoms with van der Waals surface area (Å²) in [4.78, 5) is 23.2. The summed E-state index contributed by atoms with van der Waals surface area (Å²) < 4.78 is 18.6. The first-order valence-corrected chi connectivity index (χ1v) is 8.79. The van der Waals surface area contributed by atoms with Gasteiger partial charge in [0.05, 0.1) is 12.3 Å². The van der Waals surface area contributed by atoms with Crippen molar-refractivity contribution in [2.45, 2.75) is 23.8 Å². The van der Waals surface area contributed by atoms with E-state index < -0.39 is 0 Å². The molecule has 0 aliphatic carbocycles. The van der Waals surface area contributed by atoms with Gasteiger partial charge in [0, 0.05) is 23.8 Å². The maximum Gasteiger partial charge on any atom is 0.316 e. The van der Waals surface area contributed by atoms with E-state index in [0.717, 1.165) is 24.3 Å². The third kappa shape index (κ3) is 4.67. The molecule has 0 radical (unpaired) electrons. The third-order valence-electron chi connectivity index (χ3n) is 3.72. The maximum atomic E-state index is 12.9. The average molecular weight is 347 g/mol. The lowest BCUT2D eigenvalue weighted by atomic mass is 10.1. The molecule has 0 saturated carbocycles. The highest BCUT2D eigenvalue weighted by Gasteiger charge is 2.25. The number of carbonyl (C=O) groups is 1. The standard InChI is InChI=1S/C17H18FN3O2S/c18-13-4-6-15(7-5-13)24-12-16(22)21-10-1-3-14(11-21)23-17-19-8-2-9-20-17/h2,4-9,14H,1,3,10-12H2/t14-/m1/s1. The fourth-order valence-electron chi connectivity index (χ4n) is 2.52. The van der Waals surface area contributed by atoms with Crippen LogP contribution in [0, 0.1) is 5.82 Å². The molecular formula is C17H18FN3O2S. The molecule has 7 heteroatoms. The van der Waals surface area contributed by atoms with Gasteiger partial charge in [0.2, 0.25) is 5.91 Å². The molecule has 1 aliphatic rings. The molecule has 1 amide bonds. The number of rotatable bonds is 5. The van der Waals surface area contributed by atoms with Gasteiger partial charge in [-0.05, 0) is 43.2 Å². The van der Waals surface area contributed by atoms with Crippen LogP contribution in [0.5, 0.6) is 6.01 Å². The summed E-state index contributed by atoms with van der Waals surface area (Å²) in [6.07, 6.45) is 4.96. The number of carbonyl (C=O) groups excluding carboxylic acids is 1. The molecule has 0 unspecified atom stereocenters. The van der Waals surface area contributed by atoms with Gasteiger partial charge in [0.1, 0.15) is 11.9 Å². The second kappa shape index (κ2) is 8.10. The van der Waals surface area contributed by atoms with Crippen molar-refractivity contribution in [1.29, 1.82) is 0 Å². The van der Waals surface area contributed by atoms with Crippen LogP contribution in [0.3, 0.4) is 0 Å². The van der Waals surface area contributed by atoms with E-state index in [0.29, 0.717) is 18.3 Å². The molecule has 1 fully saturated rings. The van der Waals surface area contributed by atoms with Crippen LogP contribution in [-0.2, 0) is 4.79 Å². The number of aromatic nitrogens is 2. The number of benzene rings is 1. The van der Waals surface area contributed by atoms with Crippen molar-refractivity contribution in [3.05, 3.63) is 48.5 Å². The van der Waals surface area contributed by atoms with Crippen LogP contribution in [-0.4, -0.2) is 45.7 Å². The zero-order valence-corrected chi connectivity index (χ0v) is 13.9. The van der Waals surface area contributed by atoms with Crippen LogP contribution in [0.4, 0.5) is 4.39 Å². The van der Waals surface area contributed by atoms with Gasteiger partial charge in [0.25, 0.3) is 0 Å². The molecule has 0 bridgehead atoms. The molecule has 1 aliphatic heterocycles. The van der Waals surface area contributed by atoms with Gasteiger partial charge in [-0.15, -0.1) is 11.8 Å². The number of halogens is 1. The number of piperidine rings is 1. The van der Waals surface area contributed by atoms with Gasteiger partial charge in [-0.2, -0.15) is 0 Å². The Balaban J connectivity index is 1.50. The van der Waals surface area contributed by atoms with Gasteiger partial charge in [-0.3, -0.25) is 4.79 Å². The summed E-state index contributed by atoms with van der Waals surface area (Å²) in [5.41, 5.74) is 0. The summed E-state index contributed by atoms with van der Waals surface area (Å²) in [5, 5.41) is 0. The number of nitrogens with zero attached hydrogens (tertiary/aromatic N) is 3. The molecule has 1 aromatic heterocycles. The number of thioether (sulfide) groups is 1. The summed E-state index contributed by atoms with van der Waals surface area (Å²) in [5.74, 6) is 0.122. The first-order chi connectivity index (χ1) is 11.7. The summed E-state index contributed by atoms with van der Waals surface area (Å²) in [6, 6.07) is 8.24. The normalized spacial score (nSPS) is 17.5. The average Bonchev–Trinajstić information content (AvgIpc) is 2.62. The van der Waals surface area contributed by atoms with E-state index in [1.807, 2.05) is 4.90 Å². The Kier molecular flexibility index (Phi) is 5.63. The second-order valence-electron chi connectivity index (χ2n) is 5.50. The monoisotopic (exact) mass is 347 g/mol. The SMILES string of the molecule is O=C(CSc1ccc(F)cc1)N1CCC[C@@H](Oc2ncccn2)C1. The Morgan fingerprint density at radius 3 is 2.79 bits per heavy atom. The lowest BCUT2D eigenvalue weighted by molar-refractivity contribution is -0.131. The summed E-state index contributed by atoms with van der Waals surface area (Å²) in [6.45, 7) is 1.28. The predicted molar refractivity (Wildman–Crippen MR) is 89.4 cm³/mol. The number of amides is 1. The highest BCUT2D eigenvalue weighted by Crippen LogP contribution is 2.20. The van der Waals surface area contributed by atoms with Crippen molar-refractivity contribution in [3.63, 3.8) is 0 Å². The number of ether oxygens (including phenoxy) is 1. The molecule has 1 aromatic carbocycles. The molecule has 0 N–H and O–H groups in total. The molecular weight excluding hydrogens is 329 g/mol. The zero-order chi connectivity index (χ0) is 16.8. The van der Waals surface area contributed by atoms with E-state index in [1.165, 1.54) is 23.9 Å². The molecule has 0 spiro atoms. The molecule has 3 rings (SSSR count). The molecule has 1 saturated heterocycles. The van der Waals surface area contributed by atoms with Crippen molar-refractivity contribution in [1.82, 2.24) is 14.9 Å². The van der Waals surface area contributed by atoms with Crippen molar-refractivity contribution in [2.24, 2.45) is 0 Å². The smallest absolute Gasteiger partial charge is 0.316 e. The van der Waals surface area contributed by atoms with E-state index in [-0.39, 0.29) is 17.8 Å². The van der Waals surface area contributed by atoms with Crippen LogP contribution < -0.4 is 4.74 Å². The number of hydrogen-bond donors (Lipinski definition) is 0. The molecule has 2 aromatic rings. The van der Waals surface area contributed by atoms with Crippen molar-refractivity contribution in [3.8, 4) is 6.01 Å². The van der Waals surface area contributed by atoms with E-state index in [9.17, 15) is 9.18 Å². The summed E-state index contributed by atoms with van der Waals surface area (Å²) >= 11 is 1.41. The van der Waals surface area contributed by atoms with Crippen LogP contribution in [0.25, 0.3) is 0 Å². The largest absolute Gasteiger partial charge is 0.458 e. The Morgan fingerprint density at radius 2 is 2.04 bits per heavy atom. The fourth-order valence-corrected chi connectivity index (χ4v) is 3.32. The Labute approximate surface area is 144 Å². The number of likely N-dealkylation sites (tertiary alicyclic amines) is 1. The van der Waals surface area contributed by atoms with E-state index in [1.54, 1.807) is 30.6 Å². The lowest BCUT2D eigenvalue weighted by Crippen LogP contribution is -2.45. The van der Waals surface area contributed by atoms with Gasteiger partial charge < -0.3 is 9.64 Å². The number of hydrogen-bond acceptors (Lipinski definition) is 5. The molecule has 126 valence electrons. The van der Waals surface area contributed by atoms with Gasteiger partial charge in [-0.25, -0.2) is 14.4 Å². The first-order valence-electron chi connectivity index (χ1n) is 7.80. The van der Waals surface area contributed by atoms with E-state index >= 15 is 0 Å². The van der Waals surface area contributed by atoms with Crippen molar-refractivity contribution >= 4 is 17.7 Å². The zero-order valence-electron chi connectivity index (χ0n) is 13.1. The first kappa shape index (κ1) is 16.7. The minimum atomic E-state index is -0.273. The van der Waals surface area contributed by atoms with Crippen LogP contribution in [0.2, 0.25) is 0 Å². The molecule has 2 heterocycles. The Hall–Kier alpha value is -2.15. The predicted octanol–water partition coefficient (Wildman–Crippen LogP) is 2.78. The Bertz CT molecular complexity index is 669. The van der Waals surface area contributed by atoms with Crippen LogP contribution >= 0.6 is 11.8 Å². The minimum absolute atomic E-state index is 0.0617. The molecule has 24 heavy (non-hydrogen) atoms. The Morgan fingerprint density at radius 1 is 1.29 bits per heavy atom. The van der Waals surface area contributed by atoms with Crippen LogP contribution in [0.15, 0.2) is 47.6 Å². The lowest BCUT2D eigenvalue weighted by Gasteiger charge is -2.32. The van der Waals surface area contributed by atoms with Gasteiger partial charge >= 0.3 is 6.01 Å². The van der Waals surface area contributed by atoms with Gasteiger partial charge in [-0.1, -0.05) is 0 Å². The van der Waals surface area contributed by atoms with Crippen molar-refractivity contribution < 1.29 is 13.9 Å². The second-order valence-corrected chi connectivity index (χ2v) is 6.54. The fraction of sp³-hybridized carbons (Fsp3) is 0.353. The quantitative estimate of drug-likeness (QED) is 0.779. The maximum absolute atomic E-state index is 12.9. The van der Waals surface area contributed by atoms with Crippen LogP contribution in [0.1, 0.15) is 12.8 Å². The highest BCUT2D eigenvalue weighted by molar-refractivity contribution is 8.00. The topological polar surface area (TPSA) is 55.3 Å². The highest BCUT2D eigenvalue weighted by atomic mass is 32.2. The minimum Gasteiger partial charge on any atom is -0.458 e. The summed E-state index contributed by atoms with van der Waals surface area (Å²) in [7, 11) is 0. The van der Waals surface area contributed by atoms with Gasteiger partial charge in [0.15, 0.2) is 0 Å². The van der Waals surface area contributed by atoms with E-state index in [4.69, 9.17) is 4.74 Å².